The van der Waals surface area contributed by atoms with Crippen LogP contribution in [0.4, 0.5) is 0 Å². The van der Waals surface area contributed by atoms with Crippen LogP contribution in [-0.4, -0.2) is 11.2 Å². The summed E-state index contributed by atoms with van der Waals surface area (Å²) in [5, 5.41) is -0.343. The maximum Gasteiger partial charge on any atom is 0.156 e. The average molecular weight is 191 g/mol. The maximum atomic E-state index is 11.7. The summed E-state index contributed by atoms with van der Waals surface area (Å²) in [6.45, 7) is 7.94. The van der Waals surface area contributed by atoms with E-state index >= 15 is 0 Å². The van der Waals surface area contributed by atoms with Crippen molar-refractivity contribution < 1.29 is 4.79 Å². The van der Waals surface area contributed by atoms with Gasteiger partial charge in [0.25, 0.3) is 0 Å². The van der Waals surface area contributed by atoms with Crippen LogP contribution in [0, 0.1) is 5.41 Å². The van der Waals surface area contributed by atoms with Crippen LogP contribution in [0.15, 0.2) is 0 Å². The van der Waals surface area contributed by atoms with Crippen LogP contribution in [0.25, 0.3) is 0 Å². The van der Waals surface area contributed by atoms with Gasteiger partial charge in [0, 0.05) is 5.41 Å². The molecule has 0 amide bonds. The Balaban J connectivity index is 4.59. The highest BCUT2D eigenvalue weighted by Gasteiger charge is 2.34. The van der Waals surface area contributed by atoms with E-state index in [9.17, 15) is 4.79 Å². The van der Waals surface area contributed by atoms with Gasteiger partial charge in [0.1, 0.15) is 0 Å². The van der Waals surface area contributed by atoms with Gasteiger partial charge in [-0.25, -0.2) is 0 Å². The van der Waals surface area contributed by atoms with Crippen molar-refractivity contribution in [2.24, 2.45) is 5.41 Å². The summed E-state index contributed by atoms with van der Waals surface area (Å²) in [5.41, 5.74) is -0.166. The number of carbonyl (C=O) groups is 1. The summed E-state index contributed by atoms with van der Waals surface area (Å²) in [7, 11) is 0. The molecule has 0 aliphatic carbocycles. The lowest BCUT2D eigenvalue weighted by Gasteiger charge is -2.29. The predicted octanol–water partition coefficient (Wildman–Crippen LogP) is 3.40. The van der Waals surface area contributed by atoms with E-state index in [0.717, 1.165) is 19.3 Å². The molecule has 0 radical (unpaired) electrons. The Bertz CT molecular complexity index is 140. The SMILES string of the molecule is CCC(CC)(CC)C(=O)C(C)Cl. The van der Waals surface area contributed by atoms with Gasteiger partial charge in [0.2, 0.25) is 0 Å². The van der Waals surface area contributed by atoms with Crippen molar-refractivity contribution in [1.29, 1.82) is 0 Å². The second-order valence-electron chi connectivity index (χ2n) is 3.32. The molecule has 0 aromatic carbocycles. The topological polar surface area (TPSA) is 17.1 Å². The Morgan fingerprint density at radius 1 is 1.25 bits per heavy atom. The highest BCUT2D eigenvalue weighted by molar-refractivity contribution is 6.31. The fraction of sp³-hybridized carbons (Fsp3) is 0.900. The summed E-state index contributed by atoms with van der Waals surface area (Å²) in [6.07, 6.45) is 2.70. The molecule has 0 aliphatic rings. The zero-order valence-corrected chi connectivity index (χ0v) is 9.24. The Labute approximate surface area is 80.5 Å². The zero-order chi connectivity index (χ0) is 9.78. The van der Waals surface area contributed by atoms with Crippen molar-refractivity contribution >= 4 is 17.4 Å². The molecule has 0 aromatic heterocycles. The van der Waals surface area contributed by atoms with Gasteiger partial charge in [-0.05, 0) is 26.2 Å². The molecule has 0 N–H and O–H groups in total. The van der Waals surface area contributed by atoms with E-state index in [0.29, 0.717) is 0 Å². The lowest BCUT2D eigenvalue weighted by molar-refractivity contribution is -0.128. The minimum absolute atomic E-state index is 0.166. The number of ketones is 1. The zero-order valence-electron chi connectivity index (χ0n) is 8.48. The van der Waals surface area contributed by atoms with Crippen LogP contribution in [0.3, 0.4) is 0 Å². The molecule has 0 fully saturated rings. The minimum Gasteiger partial charge on any atom is -0.297 e. The molecule has 0 saturated carbocycles. The number of halogens is 1. The van der Waals surface area contributed by atoms with Gasteiger partial charge < -0.3 is 0 Å². The molecule has 1 unspecified atom stereocenters. The van der Waals surface area contributed by atoms with Crippen LogP contribution < -0.4 is 0 Å². The van der Waals surface area contributed by atoms with Gasteiger partial charge in [-0.15, -0.1) is 11.6 Å². The highest BCUT2D eigenvalue weighted by atomic mass is 35.5. The number of hydrogen-bond acceptors (Lipinski definition) is 1. The third-order valence-electron chi connectivity index (χ3n) is 2.91. The van der Waals surface area contributed by atoms with Gasteiger partial charge in [-0.3, -0.25) is 4.79 Å². The average Bonchev–Trinajstić information content (AvgIpc) is 2.08. The quantitative estimate of drug-likeness (QED) is 0.608. The predicted molar refractivity (Wildman–Crippen MR) is 53.6 cm³/mol. The van der Waals surface area contributed by atoms with Gasteiger partial charge in [0.05, 0.1) is 5.38 Å². The molecule has 2 heteroatoms. The van der Waals surface area contributed by atoms with Crippen molar-refractivity contribution in [2.45, 2.75) is 52.3 Å². The number of rotatable bonds is 5. The molecule has 0 aliphatic heterocycles. The number of carbonyl (C=O) groups excluding carboxylic acids is 1. The standard InChI is InChI=1S/C10H19ClO/c1-5-10(6-2,7-3)9(12)8(4)11/h8H,5-7H2,1-4H3. The van der Waals surface area contributed by atoms with E-state index < -0.39 is 0 Å². The van der Waals surface area contributed by atoms with Gasteiger partial charge in [0.15, 0.2) is 5.78 Å². The second-order valence-corrected chi connectivity index (χ2v) is 3.98. The normalized spacial score (nSPS) is 14.4. The smallest absolute Gasteiger partial charge is 0.156 e. The Morgan fingerprint density at radius 3 is 1.67 bits per heavy atom. The fourth-order valence-corrected chi connectivity index (χ4v) is 1.93. The molecule has 0 spiro atoms. The molecular weight excluding hydrogens is 172 g/mol. The van der Waals surface area contributed by atoms with Crippen molar-refractivity contribution in [1.82, 2.24) is 0 Å². The van der Waals surface area contributed by atoms with E-state index in [2.05, 4.69) is 20.8 Å². The summed E-state index contributed by atoms with van der Waals surface area (Å²) in [4.78, 5) is 11.7. The molecular formula is C10H19ClO. The molecule has 0 heterocycles. The van der Waals surface area contributed by atoms with Crippen molar-refractivity contribution in [2.75, 3.05) is 0 Å². The first-order chi connectivity index (χ1) is 5.54. The van der Waals surface area contributed by atoms with E-state index in [1.54, 1.807) is 6.92 Å². The summed E-state index contributed by atoms with van der Waals surface area (Å²) >= 11 is 5.80. The number of Topliss-reactive ketones (excluding diaryl/α,β-unsaturated/α-hetero) is 1. The maximum absolute atomic E-state index is 11.7. The van der Waals surface area contributed by atoms with Crippen molar-refractivity contribution in [3.05, 3.63) is 0 Å². The summed E-state index contributed by atoms with van der Waals surface area (Å²) in [6, 6.07) is 0. The Hall–Kier alpha value is -0.0400. The van der Waals surface area contributed by atoms with Gasteiger partial charge >= 0.3 is 0 Å². The number of alkyl halides is 1. The second kappa shape index (κ2) is 4.86. The lowest BCUT2D eigenvalue weighted by Crippen LogP contribution is -2.34. The third-order valence-corrected chi connectivity index (χ3v) is 3.11. The molecule has 72 valence electrons. The van der Waals surface area contributed by atoms with Crippen molar-refractivity contribution in [3.63, 3.8) is 0 Å². The van der Waals surface area contributed by atoms with E-state index in [1.165, 1.54) is 0 Å². The highest BCUT2D eigenvalue weighted by Crippen LogP contribution is 2.33. The monoisotopic (exact) mass is 190 g/mol. The first kappa shape index (κ1) is 12.0. The lowest BCUT2D eigenvalue weighted by atomic mass is 9.75. The molecule has 0 saturated heterocycles. The van der Waals surface area contributed by atoms with E-state index in [-0.39, 0.29) is 16.6 Å². The van der Waals surface area contributed by atoms with Crippen LogP contribution >= 0.6 is 11.6 Å². The van der Waals surface area contributed by atoms with E-state index in [4.69, 9.17) is 11.6 Å². The Morgan fingerprint density at radius 2 is 1.58 bits per heavy atom. The molecule has 0 bridgehead atoms. The first-order valence-electron chi connectivity index (χ1n) is 4.72. The van der Waals surface area contributed by atoms with Gasteiger partial charge in [-0.1, -0.05) is 20.8 Å². The third kappa shape index (κ3) is 2.22. The van der Waals surface area contributed by atoms with Crippen molar-refractivity contribution in [3.8, 4) is 0 Å². The minimum atomic E-state index is -0.343. The molecule has 0 rings (SSSR count). The van der Waals surface area contributed by atoms with E-state index in [1.807, 2.05) is 0 Å². The van der Waals surface area contributed by atoms with Gasteiger partial charge in [-0.2, -0.15) is 0 Å². The van der Waals surface area contributed by atoms with Crippen LogP contribution in [0.1, 0.15) is 47.0 Å². The van der Waals surface area contributed by atoms with Crippen LogP contribution in [-0.2, 0) is 4.79 Å². The molecule has 0 aromatic rings. The summed E-state index contributed by atoms with van der Waals surface area (Å²) in [5.74, 6) is 0.205. The Kier molecular flexibility index (Phi) is 4.84. The van der Waals surface area contributed by atoms with Crippen LogP contribution in [0.5, 0.6) is 0 Å². The summed E-state index contributed by atoms with van der Waals surface area (Å²) < 4.78 is 0. The first-order valence-corrected chi connectivity index (χ1v) is 5.16. The largest absolute Gasteiger partial charge is 0.297 e. The molecule has 1 nitrogen and oxygen atoms in total. The molecule has 12 heavy (non-hydrogen) atoms. The number of hydrogen-bond donors (Lipinski definition) is 0. The fourth-order valence-electron chi connectivity index (χ4n) is 1.69. The molecule has 1 atom stereocenters. The van der Waals surface area contributed by atoms with Crippen LogP contribution in [0.2, 0.25) is 0 Å².